The molecule has 1 aromatic rings. The molecule has 0 aliphatic rings. The lowest BCUT2D eigenvalue weighted by atomic mass is 10.4. The lowest BCUT2D eigenvalue weighted by Crippen LogP contribution is -2.35. The number of hydrogen-bond donors (Lipinski definition) is 1. The van der Waals surface area contributed by atoms with Crippen molar-refractivity contribution in [2.75, 3.05) is 19.7 Å². The molecule has 0 unspecified atom stereocenters. The van der Waals surface area contributed by atoms with E-state index in [1.54, 1.807) is 0 Å². The molecule has 0 radical (unpaired) electrons. The second kappa shape index (κ2) is 5.79. The summed E-state index contributed by atoms with van der Waals surface area (Å²) in [5.74, 6) is 0. The fourth-order valence-corrected chi connectivity index (χ4v) is 2.38. The SMILES string of the molecule is Cc1nc(CN(CCO)CC(F)(F)F)sc1C. The Morgan fingerprint density at radius 3 is 2.41 bits per heavy atom. The lowest BCUT2D eigenvalue weighted by molar-refractivity contribution is -0.147. The first-order valence-electron chi connectivity index (χ1n) is 5.14. The molecule has 7 heteroatoms. The van der Waals surface area contributed by atoms with Crippen molar-refractivity contribution in [2.45, 2.75) is 26.6 Å². The van der Waals surface area contributed by atoms with Crippen LogP contribution >= 0.6 is 11.3 Å². The molecule has 0 saturated heterocycles. The van der Waals surface area contributed by atoms with Crippen LogP contribution in [0, 0.1) is 13.8 Å². The summed E-state index contributed by atoms with van der Waals surface area (Å²) >= 11 is 1.39. The maximum Gasteiger partial charge on any atom is 0.401 e. The van der Waals surface area contributed by atoms with Gasteiger partial charge in [0, 0.05) is 11.4 Å². The molecule has 0 fully saturated rings. The Bertz CT molecular complexity index is 345. The molecule has 1 rings (SSSR count). The van der Waals surface area contributed by atoms with Gasteiger partial charge in [0.15, 0.2) is 0 Å². The van der Waals surface area contributed by atoms with Gasteiger partial charge in [0.2, 0.25) is 0 Å². The number of thiazole rings is 1. The van der Waals surface area contributed by atoms with Crippen molar-refractivity contribution < 1.29 is 18.3 Å². The number of aliphatic hydroxyl groups is 1. The summed E-state index contributed by atoms with van der Waals surface area (Å²) in [7, 11) is 0. The van der Waals surface area contributed by atoms with Gasteiger partial charge < -0.3 is 5.11 Å². The summed E-state index contributed by atoms with van der Waals surface area (Å²) in [6.07, 6.45) is -4.25. The Morgan fingerprint density at radius 2 is 2.00 bits per heavy atom. The van der Waals surface area contributed by atoms with Crippen molar-refractivity contribution in [3.05, 3.63) is 15.6 Å². The van der Waals surface area contributed by atoms with Gasteiger partial charge in [-0.05, 0) is 13.8 Å². The molecule has 3 nitrogen and oxygen atoms in total. The zero-order valence-corrected chi connectivity index (χ0v) is 10.5. The van der Waals surface area contributed by atoms with E-state index in [-0.39, 0.29) is 19.7 Å². The largest absolute Gasteiger partial charge is 0.401 e. The van der Waals surface area contributed by atoms with E-state index >= 15 is 0 Å². The summed E-state index contributed by atoms with van der Waals surface area (Å²) in [6, 6.07) is 0. The Morgan fingerprint density at radius 1 is 1.35 bits per heavy atom. The van der Waals surface area contributed by atoms with Crippen molar-refractivity contribution in [2.24, 2.45) is 0 Å². The fourth-order valence-electron chi connectivity index (χ4n) is 1.41. The third-order valence-electron chi connectivity index (χ3n) is 2.25. The summed E-state index contributed by atoms with van der Waals surface area (Å²) in [6.45, 7) is 2.52. The van der Waals surface area contributed by atoms with Crippen LogP contribution in [-0.4, -0.2) is 40.9 Å². The van der Waals surface area contributed by atoms with E-state index in [4.69, 9.17) is 5.11 Å². The van der Waals surface area contributed by atoms with Gasteiger partial charge in [-0.2, -0.15) is 13.2 Å². The molecule has 1 aromatic heterocycles. The van der Waals surface area contributed by atoms with Gasteiger partial charge in [-0.15, -0.1) is 11.3 Å². The maximum absolute atomic E-state index is 12.3. The van der Waals surface area contributed by atoms with E-state index in [0.29, 0.717) is 5.01 Å². The molecule has 0 aliphatic carbocycles. The van der Waals surface area contributed by atoms with E-state index in [2.05, 4.69) is 4.98 Å². The van der Waals surface area contributed by atoms with Crippen LogP contribution in [0.25, 0.3) is 0 Å². The van der Waals surface area contributed by atoms with Gasteiger partial charge in [0.1, 0.15) is 5.01 Å². The zero-order valence-electron chi connectivity index (χ0n) is 9.71. The van der Waals surface area contributed by atoms with E-state index in [0.717, 1.165) is 15.5 Å². The standard InChI is InChI=1S/C10H15F3N2OS/c1-7-8(2)17-9(14-7)5-15(3-4-16)6-10(11,12)13/h16H,3-6H2,1-2H3. The first-order chi connectivity index (χ1) is 7.81. The van der Waals surface area contributed by atoms with Crippen LogP contribution < -0.4 is 0 Å². The van der Waals surface area contributed by atoms with Crippen LogP contribution in [0.2, 0.25) is 0 Å². The van der Waals surface area contributed by atoms with Crippen LogP contribution in [0.4, 0.5) is 13.2 Å². The molecule has 98 valence electrons. The number of halogens is 3. The molecule has 0 aliphatic heterocycles. The Balaban J connectivity index is 2.66. The van der Waals surface area contributed by atoms with Gasteiger partial charge in [0.05, 0.1) is 25.4 Å². The lowest BCUT2D eigenvalue weighted by Gasteiger charge is -2.21. The molecule has 17 heavy (non-hydrogen) atoms. The van der Waals surface area contributed by atoms with Crippen molar-refractivity contribution in [1.29, 1.82) is 0 Å². The maximum atomic E-state index is 12.3. The summed E-state index contributed by atoms with van der Waals surface area (Å²) in [4.78, 5) is 6.35. The number of nitrogens with zero attached hydrogens (tertiary/aromatic N) is 2. The predicted octanol–water partition coefficient (Wildman–Crippen LogP) is 2.12. The fraction of sp³-hybridized carbons (Fsp3) is 0.700. The average molecular weight is 268 g/mol. The van der Waals surface area contributed by atoms with Crippen molar-refractivity contribution >= 4 is 11.3 Å². The second-order valence-electron chi connectivity index (χ2n) is 3.80. The van der Waals surface area contributed by atoms with Gasteiger partial charge in [-0.3, -0.25) is 4.90 Å². The molecule has 0 atom stereocenters. The predicted molar refractivity (Wildman–Crippen MR) is 60.0 cm³/mol. The number of hydrogen-bond acceptors (Lipinski definition) is 4. The van der Waals surface area contributed by atoms with Crippen LogP contribution in [0.1, 0.15) is 15.6 Å². The summed E-state index contributed by atoms with van der Waals surface area (Å²) < 4.78 is 36.8. The van der Waals surface area contributed by atoms with Crippen LogP contribution in [-0.2, 0) is 6.54 Å². The Hall–Kier alpha value is -0.660. The van der Waals surface area contributed by atoms with Gasteiger partial charge in [-0.25, -0.2) is 4.98 Å². The van der Waals surface area contributed by atoms with E-state index in [9.17, 15) is 13.2 Å². The van der Waals surface area contributed by atoms with E-state index < -0.39 is 12.7 Å². The summed E-state index contributed by atoms with van der Waals surface area (Å²) in [5.41, 5.74) is 0.848. The smallest absolute Gasteiger partial charge is 0.395 e. The van der Waals surface area contributed by atoms with Crippen molar-refractivity contribution in [3.63, 3.8) is 0 Å². The molecule has 0 saturated carbocycles. The third-order valence-corrected chi connectivity index (χ3v) is 3.31. The van der Waals surface area contributed by atoms with Gasteiger partial charge in [-0.1, -0.05) is 0 Å². The quantitative estimate of drug-likeness (QED) is 0.888. The number of rotatable bonds is 5. The first kappa shape index (κ1) is 14.4. The highest BCUT2D eigenvalue weighted by Gasteiger charge is 2.30. The normalized spacial score (nSPS) is 12.4. The van der Waals surface area contributed by atoms with Crippen molar-refractivity contribution in [3.8, 4) is 0 Å². The van der Waals surface area contributed by atoms with Crippen LogP contribution in [0.15, 0.2) is 0 Å². The molecule has 1 heterocycles. The molecular formula is C10H15F3N2OS. The third kappa shape index (κ3) is 5.01. The number of aryl methyl sites for hydroxylation is 2. The minimum absolute atomic E-state index is 0.00279. The van der Waals surface area contributed by atoms with Gasteiger partial charge >= 0.3 is 6.18 Å². The minimum Gasteiger partial charge on any atom is -0.395 e. The zero-order chi connectivity index (χ0) is 13.1. The molecule has 0 bridgehead atoms. The average Bonchev–Trinajstić information content (AvgIpc) is 2.43. The van der Waals surface area contributed by atoms with E-state index in [1.165, 1.54) is 11.3 Å². The number of aromatic nitrogens is 1. The molecule has 0 amide bonds. The molecular weight excluding hydrogens is 253 g/mol. The Kier molecular flexibility index (Phi) is 4.91. The molecule has 0 spiro atoms. The monoisotopic (exact) mass is 268 g/mol. The Labute approximate surface area is 102 Å². The highest BCUT2D eigenvalue weighted by molar-refractivity contribution is 7.11. The molecule has 0 aromatic carbocycles. The highest BCUT2D eigenvalue weighted by atomic mass is 32.1. The van der Waals surface area contributed by atoms with Gasteiger partial charge in [0.25, 0.3) is 0 Å². The first-order valence-corrected chi connectivity index (χ1v) is 5.96. The second-order valence-corrected chi connectivity index (χ2v) is 5.09. The highest BCUT2D eigenvalue weighted by Crippen LogP contribution is 2.21. The minimum atomic E-state index is -4.25. The molecule has 1 N–H and O–H groups in total. The topological polar surface area (TPSA) is 36.4 Å². The van der Waals surface area contributed by atoms with Crippen LogP contribution in [0.5, 0.6) is 0 Å². The van der Waals surface area contributed by atoms with E-state index in [1.807, 2.05) is 13.8 Å². The van der Waals surface area contributed by atoms with Crippen molar-refractivity contribution in [1.82, 2.24) is 9.88 Å². The van der Waals surface area contributed by atoms with Crippen LogP contribution in [0.3, 0.4) is 0 Å². The summed E-state index contributed by atoms with van der Waals surface area (Å²) in [5, 5.41) is 9.40. The number of alkyl halides is 3. The number of aliphatic hydroxyl groups excluding tert-OH is 1.